The third-order valence-electron chi connectivity index (χ3n) is 17.9. The molecule has 0 amide bonds. The lowest BCUT2D eigenvalue weighted by Crippen LogP contribution is -2.24. The van der Waals surface area contributed by atoms with E-state index >= 15 is 0 Å². The first-order valence-electron chi connectivity index (χ1n) is 29.8. The van der Waals surface area contributed by atoms with Crippen LogP contribution in [-0.4, -0.2) is 32.4 Å². The third kappa shape index (κ3) is 7.88. The van der Waals surface area contributed by atoms with E-state index < -0.39 is 0 Å². The van der Waals surface area contributed by atoms with Crippen molar-refractivity contribution in [3.8, 4) is 56.6 Å². The zero-order chi connectivity index (χ0) is 58.4. The summed E-state index contributed by atoms with van der Waals surface area (Å²) in [5.41, 5.74) is 21.1. The minimum atomic E-state index is 0.499. The maximum Gasteiger partial charge on any atom is 0.138 e. The zero-order valence-electron chi connectivity index (χ0n) is 48.1. The van der Waals surface area contributed by atoms with Gasteiger partial charge in [0.2, 0.25) is 0 Å². The Balaban J connectivity index is 0.911. The molecule has 88 heavy (non-hydrogen) atoms. The number of nitrogens with zero attached hydrogens (tertiary/aromatic N) is 8. The van der Waals surface area contributed by atoms with Crippen molar-refractivity contribution in [1.29, 1.82) is 5.26 Å². The molecular formula is C80H54N8. The molecule has 0 spiro atoms. The fraction of sp³-hybridized carbons (Fsp3) is 0.0250. The van der Waals surface area contributed by atoms with Gasteiger partial charge in [0.1, 0.15) is 5.82 Å². The van der Waals surface area contributed by atoms with Crippen LogP contribution in [-0.2, 0) is 0 Å². The minimum Gasteiger partial charge on any atom is -0.355 e. The number of benzene rings is 12. The van der Waals surface area contributed by atoms with E-state index in [1.807, 2.05) is 12.3 Å². The zero-order valence-corrected chi connectivity index (χ0v) is 48.1. The van der Waals surface area contributed by atoms with Gasteiger partial charge in [0.15, 0.2) is 0 Å². The number of fused-ring (bicyclic) bond motifs is 10. The second kappa shape index (κ2) is 20.4. The van der Waals surface area contributed by atoms with Gasteiger partial charge < -0.3 is 23.8 Å². The van der Waals surface area contributed by atoms with Gasteiger partial charge in [0, 0.05) is 84.9 Å². The fourth-order valence-corrected chi connectivity index (χ4v) is 14.0. The molecule has 0 radical (unpaired) electrons. The molecule has 0 saturated heterocycles. The normalized spacial score (nSPS) is 12.3. The highest BCUT2D eigenvalue weighted by Gasteiger charge is 2.29. The monoisotopic (exact) mass is 1130 g/mol. The topological polar surface area (TPSA) is 61.2 Å². The van der Waals surface area contributed by atoms with Gasteiger partial charge in [-0.2, -0.15) is 5.26 Å². The second-order valence-electron chi connectivity index (χ2n) is 22.7. The minimum absolute atomic E-state index is 0.499. The summed E-state index contributed by atoms with van der Waals surface area (Å²) in [4.78, 5) is 12.7. The lowest BCUT2D eigenvalue weighted by atomic mass is 9.94. The number of anilines is 6. The molecule has 0 unspecified atom stereocenters. The molecule has 0 aliphatic carbocycles. The molecule has 0 saturated carbocycles. The molecule has 0 N–H and O–H groups in total. The highest BCUT2D eigenvalue weighted by Crippen LogP contribution is 2.50. The van der Waals surface area contributed by atoms with Crippen LogP contribution in [0.3, 0.4) is 0 Å². The smallest absolute Gasteiger partial charge is 0.138 e. The molecule has 0 fully saturated rings. The van der Waals surface area contributed by atoms with Crippen molar-refractivity contribution in [2.75, 3.05) is 28.4 Å². The van der Waals surface area contributed by atoms with Crippen LogP contribution in [0.15, 0.2) is 297 Å². The molecule has 414 valence electrons. The summed E-state index contributed by atoms with van der Waals surface area (Å²) >= 11 is 0. The fourth-order valence-electron chi connectivity index (χ4n) is 14.0. The average Bonchev–Trinajstić information content (AvgIpc) is 1.85. The van der Waals surface area contributed by atoms with Crippen LogP contribution in [0.25, 0.3) is 116 Å². The van der Waals surface area contributed by atoms with E-state index in [-0.39, 0.29) is 0 Å². The first kappa shape index (κ1) is 50.6. The summed E-state index contributed by atoms with van der Waals surface area (Å²) in [5, 5.41) is 18.6. The lowest BCUT2D eigenvalue weighted by molar-refractivity contribution is 0.949. The Morgan fingerprint density at radius 1 is 0.375 bits per heavy atom. The largest absolute Gasteiger partial charge is 0.355 e. The highest BCUT2D eigenvalue weighted by molar-refractivity contribution is 6.14. The molecule has 0 bridgehead atoms. The Bertz CT molecular complexity index is 5200. The summed E-state index contributed by atoms with van der Waals surface area (Å²) in [6.07, 6.45) is 1.94. The van der Waals surface area contributed by atoms with Crippen molar-refractivity contribution in [3.05, 3.63) is 303 Å². The predicted octanol–water partition coefficient (Wildman–Crippen LogP) is 20.3. The predicted molar refractivity (Wildman–Crippen MR) is 365 cm³/mol. The van der Waals surface area contributed by atoms with Crippen molar-refractivity contribution < 1.29 is 0 Å². The summed E-state index contributed by atoms with van der Waals surface area (Å²) < 4.78 is 6.98. The van der Waals surface area contributed by atoms with E-state index in [4.69, 9.17) is 4.98 Å². The summed E-state index contributed by atoms with van der Waals surface area (Å²) in [6, 6.07) is 107. The third-order valence-corrected chi connectivity index (χ3v) is 17.9. The van der Waals surface area contributed by atoms with Gasteiger partial charge >= 0.3 is 0 Å². The SMILES string of the molecule is CN1CN(c2cccc(N(c3ccc4c5ccccc5n(-c5cc(C#N)c(-c6c(-n7c8ccccc8c8ccccc87)cccc6-n6c7ccccc7c7ccccc76)cn5)c4c3)c3c(-c4ccccc4)cccc3-c3ccccc3)c2)c2ccccc21. The van der Waals surface area contributed by atoms with Gasteiger partial charge in [-0.3, -0.25) is 4.57 Å². The summed E-state index contributed by atoms with van der Waals surface area (Å²) in [5.74, 6) is 0.636. The number of aromatic nitrogens is 4. The number of para-hydroxylation sites is 8. The van der Waals surface area contributed by atoms with E-state index in [0.29, 0.717) is 18.1 Å². The maximum absolute atomic E-state index is 11.8. The van der Waals surface area contributed by atoms with Crippen LogP contribution in [0, 0.1) is 11.3 Å². The summed E-state index contributed by atoms with van der Waals surface area (Å²) in [6.45, 7) is 0.717. The number of nitriles is 1. The van der Waals surface area contributed by atoms with Crippen LogP contribution in [0.5, 0.6) is 0 Å². The summed E-state index contributed by atoms with van der Waals surface area (Å²) in [7, 11) is 2.16. The standard InChI is InChI=1S/C80H54N8/c1-83-52-84(74-42-19-18-41-73(74)83)56-27-20-28-57(48-56)85(80-59(53-23-4-2-5-24-53)34-21-35-60(80)54-25-6-3-7-26-54)58-45-46-66-65-33-12-17-40-72(65)88(77(66)49-58)78-47-55(50-81)67(51-82-78)79-75(86-68-36-13-8-29-61(68)62-30-9-14-37-69(62)86)43-22-44-76(79)87-70-38-15-10-31-63(70)64-32-11-16-39-71(64)87/h2-49,51H,52H2,1H3. The number of rotatable bonds is 10. The molecule has 8 heteroatoms. The van der Waals surface area contributed by atoms with Crippen LogP contribution < -0.4 is 14.7 Å². The van der Waals surface area contributed by atoms with Gasteiger partial charge in [-0.25, -0.2) is 4.98 Å². The number of pyridine rings is 1. The van der Waals surface area contributed by atoms with Crippen molar-refractivity contribution in [2.24, 2.45) is 0 Å². The van der Waals surface area contributed by atoms with Crippen molar-refractivity contribution in [2.45, 2.75) is 0 Å². The van der Waals surface area contributed by atoms with Gasteiger partial charge in [-0.05, 0) is 102 Å². The van der Waals surface area contributed by atoms with Crippen LogP contribution in [0.2, 0.25) is 0 Å². The Morgan fingerprint density at radius 3 is 1.36 bits per heavy atom. The molecular weight excluding hydrogens is 1070 g/mol. The van der Waals surface area contributed by atoms with Gasteiger partial charge in [0.25, 0.3) is 0 Å². The molecule has 8 nitrogen and oxygen atoms in total. The van der Waals surface area contributed by atoms with Gasteiger partial charge in [0.05, 0.1) is 79.8 Å². The second-order valence-corrected chi connectivity index (χ2v) is 22.7. The number of hydrogen-bond acceptors (Lipinski definition) is 5. The number of hydrogen-bond donors (Lipinski definition) is 0. The molecule has 1 aliphatic rings. The lowest BCUT2D eigenvalue weighted by Gasteiger charge is -2.31. The Morgan fingerprint density at radius 2 is 0.818 bits per heavy atom. The molecule has 1 aliphatic heterocycles. The van der Waals surface area contributed by atoms with E-state index in [1.165, 1.54) is 11.4 Å². The van der Waals surface area contributed by atoms with Crippen molar-refractivity contribution in [1.82, 2.24) is 18.7 Å². The maximum atomic E-state index is 11.8. The van der Waals surface area contributed by atoms with Crippen LogP contribution in [0.4, 0.5) is 34.1 Å². The molecule has 4 aromatic heterocycles. The Labute approximate surface area is 508 Å². The van der Waals surface area contributed by atoms with E-state index in [0.717, 1.165) is 133 Å². The molecule has 17 rings (SSSR count). The molecule has 0 atom stereocenters. The van der Waals surface area contributed by atoms with Gasteiger partial charge in [-0.15, -0.1) is 0 Å². The Kier molecular flexibility index (Phi) is 11.7. The van der Waals surface area contributed by atoms with Crippen molar-refractivity contribution in [3.63, 3.8) is 0 Å². The quantitative estimate of drug-likeness (QED) is 0.137. The average molecular weight is 1130 g/mol. The molecule has 12 aromatic carbocycles. The van der Waals surface area contributed by atoms with Crippen LogP contribution in [0.1, 0.15) is 5.56 Å². The van der Waals surface area contributed by atoms with E-state index in [2.05, 4.69) is 327 Å². The van der Waals surface area contributed by atoms with Gasteiger partial charge in [-0.1, -0.05) is 200 Å². The highest BCUT2D eigenvalue weighted by atomic mass is 15.4. The van der Waals surface area contributed by atoms with E-state index in [9.17, 15) is 5.26 Å². The van der Waals surface area contributed by atoms with E-state index in [1.54, 1.807) is 0 Å². The Hall–Kier alpha value is -11.9. The first-order chi connectivity index (χ1) is 43.6. The molecule has 16 aromatic rings. The van der Waals surface area contributed by atoms with Crippen LogP contribution >= 0.6 is 0 Å². The molecule has 5 heterocycles. The van der Waals surface area contributed by atoms with Crippen molar-refractivity contribution >= 4 is 99.5 Å². The first-order valence-corrected chi connectivity index (χ1v) is 29.8.